The molecule has 1 aromatic heterocycles. The van der Waals surface area contributed by atoms with Gasteiger partial charge in [-0.15, -0.1) is 0 Å². The lowest BCUT2D eigenvalue weighted by atomic mass is 9.78. The van der Waals surface area contributed by atoms with Crippen LogP contribution in [0.3, 0.4) is 0 Å². The number of epoxide rings is 1. The molecule has 1 aliphatic carbocycles. The van der Waals surface area contributed by atoms with Crippen LogP contribution in [0.1, 0.15) is 146 Å². The lowest BCUT2D eigenvalue weighted by Crippen LogP contribution is -2.53. The molecule has 10 atom stereocenters. The average molecular weight is 1270 g/mol. The third kappa shape index (κ3) is 17.4. The van der Waals surface area contributed by atoms with Gasteiger partial charge in [0.05, 0.1) is 48.9 Å². The summed E-state index contributed by atoms with van der Waals surface area (Å²) in [5.41, 5.74) is 5.09. The second-order valence-electron chi connectivity index (χ2n) is 25.3. The lowest BCUT2D eigenvalue weighted by Gasteiger charge is -2.41. The molecule has 3 fully saturated rings. The van der Waals surface area contributed by atoms with Gasteiger partial charge in [-0.05, 0) is 107 Å². The molecule has 0 radical (unpaired) electrons. The second kappa shape index (κ2) is 31.2. The number of primary amides is 1. The first-order valence-corrected chi connectivity index (χ1v) is 31.7. The number of ketones is 2. The van der Waals surface area contributed by atoms with E-state index in [4.69, 9.17) is 41.0 Å². The minimum atomic E-state index is -1.67. The summed E-state index contributed by atoms with van der Waals surface area (Å²) in [6.45, 7) is 11.2. The topological polar surface area (TPSA) is 305 Å². The molecule has 2 aromatic carbocycles. The highest BCUT2D eigenvalue weighted by Gasteiger charge is 2.64. The van der Waals surface area contributed by atoms with Crippen LogP contribution in [-0.2, 0) is 65.4 Å². The minimum absolute atomic E-state index is 0.0185. The van der Waals surface area contributed by atoms with Crippen LogP contribution in [0, 0.1) is 23.7 Å². The summed E-state index contributed by atoms with van der Waals surface area (Å²) in [4.78, 5) is 130. The number of methoxy groups -OCH3 is 2. The van der Waals surface area contributed by atoms with Gasteiger partial charge in [-0.25, -0.2) is 9.59 Å². The number of anilines is 1. The Balaban J connectivity index is 1.08. The monoisotopic (exact) mass is 1270 g/mol. The van der Waals surface area contributed by atoms with E-state index >= 15 is 0 Å². The van der Waals surface area contributed by atoms with Crippen LogP contribution >= 0.6 is 11.6 Å². The summed E-state index contributed by atoms with van der Waals surface area (Å²) in [6, 6.07) is 6.96. The maximum absolute atomic E-state index is 14.7. The smallest absolute Gasteiger partial charge is 0.328 e. The molecule has 2 saturated heterocycles. The van der Waals surface area contributed by atoms with Crippen LogP contribution in [0.4, 0.5) is 10.5 Å². The van der Waals surface area contributed by atoms with E-state index in [1.165, 1.54) is 50.3 Å². The van der Waals surface area contributed by atoms with Crippen molar-refractivity contribution in [3.63, 3.8) is 0 Å². The number of hydrogen-bond donors (Lipinski definition) is 5. The number of hydrogen-bond acceptors (Lipinski definition) is 16. The third-order valence-electron chi connectivity index (χ3n) is 18.3. The maximum atomic E-state index is 14.7. The molecule has 4 heterocycles. The zero-order chi connectivity index (χ0) is 65.8. The van der Waals surface area contributed by atoms with Crippen molar-refractivity contribution < 1.29 is 71.9 Å². The van der Waals surface area contributed by atoms with E-state index in [1.807, 2.05) is 26.8 Å². The second-order valence-corrected chi connectivity index (χ2v) is 25.6. The first kappa shape index (κ1) is 70.2. The van der Waals surface area contributed by atoms with Gasteiger partial charge in [0.2, 0.25) is 17.7 Å². The van der Waals surface area contributed by atoms with Crippen molar-refractivity contribution in [2.24, 2.45) is 29.4 Å². The molecule has 6 amide bonds. The van der Waals surface area contributed by atoms with Gasteiger partial charge in [0.25, 0.3) is 5.91 Å². The van der Waals surface area contributed by atoms with E-state index in [2.05, 4.69) is 20.9 Å². The summed E-state index contributed by atoms with van der Waals surface area (Å²) in [5, 5.41) is 21.1. The Morgan fingerprint density at radius 1 is 1.00 bits per heavy atom. The van der Waals surface area contributed by atoms with Crippen molar-refractivity contribution in [1.82, 2.24) is 25.8 Å². The minimum Gasteiger partial charge on any atom is -0.495 e. The molecule has 490 valence electrons. The van der Waals surface area contributed by atoms with Crippen LogP contribution in [0.25, 0.3) is 10.9 Å². The van der Waals surface area contributed by atoms with Gasteiger partial charge < -0.3 is 60.3 Å². The molecule has 4 bridgehead atoms. The zero-order valence-corrected chi connectivity index (χ0v) is 54.3. The first-order chi connectivity index (χ1) is 42.7. The molecule has 7 rings (SSSR count). The number of allylic oxidation sites excluding steroid dienone is 3. The fraction of sp³-hybridized carbons (Fsp3) is 0.582. The summed E-state index contributed by atoms with van der Waals surface area (Å²) < 4.78 is 30.0. The average Bonchev–Trinajstić information content (AvgIpc) is 1.63. The number of carbonyl (C=O) groups excluding carboxylic acids is 9. The molecular weight excluding hydrogens is 1180 g/mol. The number of pyridine rings is 1. The summed E-state index contributed by atoms with van der Waals surface area (Å²) in [6.07, 6.45) is 8.06. The molecule has 3 aromatic rings. The molecule has 4 aliphatic rings. The van der Waals surface area contributed by atoms with E-state index in [-0.39, 0.29) is 96.9 Å². The molecule has 0 unspecified atom stereocenters. The van der Waals surface area contributed by atoms with Crippen molar-refractivity contribution in [3.8, 4) is 5.75 Å². The van der Waals surface area contributed by atoms with Gasteiger partial charge in [0.15, 0.2) is 5.78 Å². The van der Waals surface area contributed by atoms with Gasteiger partial charge >= 0.3 is 18.0 Å². The number of nitrogens with one attached hydrogen (secondary N) is 3. The van der Waals surface area contributed by atoms with Crippen LogP contribution in [0.5, 0.6) is 5.75 Å². The van der Waals surface area contributed by atoms with Crippen LogP contribution in [0.2, 0.25) is 5.02 Å². The highest BCUT2D eigenvalue weighted by Crippen LogP contribution is 2.50. The number of nitrogens with two attached hydrogens (primary N) is 1. The van der Waals surface area contributed by atoms with E-state index < -0.39 is 102 Å². The number of esters is 2. The number of aliphatic hydroxyl groups is 1. The largest absolute Gasteiger partial charge is 0.495 e. The van der Waals surface area contributed by atoms with Gasteiger partial charge in [0, 0.05) is 89.3 Å². The number of carbonyl (C=O) groups is 9. The summed E-state index contributed by atoms with van der Waals surface area (Å²) in [5.74, 6) is -4.64. The van der Waals surface area contributed by atoms with Gasteiger partial charge in [-0.2, -0.15) is 0 Å². The number of ether oxygens (including phenoxy) is 5. The number of fused-ring (bicyclic) bond motifs is 6. The highest BCUT2D eigenvalue weighted by molar-refractivity contribution is 6.35. The maximum Gasteiger partial charge on any atom is 0.328 e. The van der Waals surface area contributed by atoms with Crippen LogP contribution < -0.4 is 31.3 Å². The summed E-state index contributed by atoms with van der Waals surface area (Å²) in [7, 11) is 5.88. The fourth-order valence-corrected chi connectivity index (χ4v) is 12.5. The first-order valence-electron chi connectivity index (χ1n) is 31.3. The molecule has 0 spiro atoms. The molecule has 22 nitrogen and oxygen atoms in total. The van der Waals surface area contributed by atoms with E-state index in [0.29, 0.717) is 41.8 Å². The number of Topliss-reactive ketones (excluding diaryl/α,β-unsaturated/α-hetero) is 2. The Morgan fingerprint density at radius 3 is 2.41 bits per heavy atom. The van der Waals surface area contributed by atoms with Gasteiger partial charge in [-0.3, -0.25) is 38.5 Å². The molecular formula is C67H90ClN7O15. The van der Waals surface area contributed by atoms with E-state index in [1.54, 1.807) is 63.4 Å². The number of nitrogens with zero attached hydrogens (tertiary/aromatic N) is 3. The molecule has 6 N–H and O–H groups in total. The Kier molecular flexibility index (Phi) is 24.3. The van der Waals surface area contributed by atoms with E-state index in [9.17, 15) is 48.3 Å². The van der Waals surface area contributed by atoms with Crippen molar-refractivity contribution in [2.75, 3.05) is 46.3 Å². The van der Waals surface area contributed by atoms with Crippen molar-refractivity contribution in [1.29, 1.82) is 0 Å². The van der Waals surface area contributed by atoms with Crippen molar-refractivity contribution >= 4 is 81.4 Å². The number of aromatic nitrogens is 1. The predicted molar refractivity (Wildman–Crippen MR) is 337 cm³/mol. The zero-order valence-electron chi connectivity index (χ0n) is 53.5. The van der Waals surface area contributed by atoms with Crippen molar-refractivity contribution in [2.45, 2.75) is 186 Å². The fourth-order valence-electron chi connectivity index (χ4n) is 12.2. The Hall–Kier alpha value is -7.27. The quantitative estimate of drug-likeness (QED) is 0.0314. The number of rotatable bonds is 25. The number of likely N-dealkylation sites (N-methyl/N-ethyl adjacent to an activating group) is 1. The van der Waals surface area contributed by atoms with Gasteiger partial charge in [-0.1, -0.05) is 81.1 Å². The Morgan fingerprint density at radius 2 is 1.73 bits per heavy atom. The summed E-state index contributed by atoms with van der Waals surface area (Å²) >= 11 is 6.89. The number of unbranched alkanes of at least 4 members (excludes halogenated alkanes) is 2. The molecule has 90 heavy (non-hydrogen) atoms. The standard InChI is InChI=1S/C67H90ClN7O15/c1-38(2)48(34-45(76)21-12-11-13-27-71-61(80)43-19-15-20-43)62(81)73-49(23-17-29-72-65(69)84)51(77)33-44-25-26-47(59-46(44)22-16-28-70-59)63(82)74(7)41(5)64(83)89-55-35-56(78)75(8)50-31-42(32-52(86-9)58(50)68)30-39(3)18-14-24-54(87-10)67(85)36-53(88-57(79)37-67)40(4)60-66(55,6)90-60/h14,16,18,22,24-26,28,31-32,38,40-41,43,48-49,53-55,60,85H,11-13,15,17,19-21,23,27,29-30,33-37H2,1-10H3,(H,71,80)(H,73,81)(H3,69,72,84)/b24-14+,39-18+/t40-,41+,48+,49+,53+,54-,55+,60+,66+,67-/m1/s1. The van der Waals surface area contributed by atoms with Crippen molar-refractivity contribution in [3.05, 3.63) is 88.1 Å². The Bertz CT molecular complexity index is 3220. The number of amides is 6. The third-order valence-corrected chi connectivity index (χ3v) is 18.7. The number of urea groups is 1. The number of benzene rings is 2. The number of halogens is 1. The SMILES string of the molecule is COc1cc2cc(c1Cl)N(C)C(=O)C[C@H](OC(=O)[C@H](C)N(C)C(=O)c1ccc(CC(=O)[C@H](CCCNC(N)=O)NC(=O)[C@@H](CC(=O)CCCCCNC(=O)C3CCC3)C(C)C)c3cccnc13)[C@]1(C)O[C@H]1[C@H](C)[C@@H]1C[C@@](O)(CC(=O)O1)[C@H](OC)/C=C/C=C(\C)C2. The Labute approximate surface area is 532 Å². The normalized spacial score (nSPS) is 24.8. The van der Waals surface area contributed by atoms with Crippen LogP contribution in [0.15, 0.2) is 66.4 Å². The molecule has 1 saturated carbocycles. The molecule has 3 aliphatic heterocycles. The predicted octanol–water partition coefficient (Wildman–Crippen LogP) is 7.38. The molecule has 23 heteroatoms. The lowest BCUT2D eigenvalue weighted by molar-refractivity contribution is -0.187. The van der Waals surface area contributed by atoms with Crippen LogP contribution in [-0.4, -0.2) is 157 Å². The van der Waals surface area contributed by atoms with Gasteiger partial charge in [0.1, 0.15) is 52.1 Å². The van der Waals surface area contributed by atoms with E-state index in [0.717, 1.165) is 43.2 Å². The highest BCUT2D eigenvalue weighted by atomic mass is 35.5.